The number of methoxy groups -OCH3 is 2. The second-order valence-electron chi connectivity index (χ2n) is 8.55. The minimum absolute atomic E-state index is 0.639. The zero-order valence-electron chi connectivity index (χ0n) is 20.0. The molecule has 4 aromatic carbocycles. The van der Waals surface area contributed by atoms with Crippen molar-refractivity contribution in [1.82, 2.24) is 4.98 Å². The smallest absolute Gasteiger partial charge is 0.161 e. The number of hydrogen-bond donors (Lipinski definition) is 2. The lowest BCUT2D eigenvalue weighted by Crippen LogP contribution is -1.98. The Kier molecular flexibility index (Phi) is 5.75. The van der Waals surface area contributed by atoms with Crippen molar-refractivity contribution in [3.05, 3.63) is 90.5 Å². The van der Waals surface area contributed by atoms with E-state index in [0.29, 0.717) is 22.9 Å². The van der Waals surface area contributed by atoms with Crippen LogP contribution in [-0.2, 0) is 0 Å². The summed E-state index contributed by atoms with van der Waals surface area (Å²) in [5, 5.41) is 2.13. The summed E-state index contributed by atoms with van der Waals surface area (Å²) in [4.78, 5) is 5.26. The average Bonchev–Trinajstić information content (AvgIpc) is 2.87. The highest BCUT2D eigenvalue weighted by molar-refractivity contribution is 6.08. The van der Waals surface area contributed by atoms with Crippen LogP contribution in [0.1, 0.15) is 5.56 Å². The van der Waals surface area contributed by atoms with E-state index in [-0.39, 0.29) is 0 Å². The molecule has 0 saturated carbocycles. The molecule has 5 rings (SSSR count). The summed E-state index contributed by atoms with van der Waals surface area (Å²) >= 11 is 0. The van der Waals surface area contributed by atoms with Crippen LogP contribution in [-0.4, -0.2) is 19.2 Å². The fraction of sp³-hybridized carbons (Fsp3) is 0.100. The van der Waals surface area contributed by atoms with Crippen LogP contribution in [0.3, 0.4) is 0 Å². The summed E-state index contributed by atoms with van der Waals surface area (Å²) in [6.07, 6.45) is 0. The molecule has 0 bridgehead atoms. The van der Waals surface area contributed by atoms with E-state index in [4.69, 9.17) is 25.9 Å². The highest BCUT2D eigenvalue weighted by atomic mass is 16.5. The molecule has 0 atom stereocenters. The molecule has 0 aliphatic heterocycles. The van der Waals surface area contributed by atoms with Crippen LogP contribution in [0, 0.1) is 6.92 Å². The third-order valence-corrected chi connectivity index (χ3v) is 6.15. The van der Waals surface area contributed by atoms with E-state index in [0.717, 1.165) is 50.0 Å². The van der Waals surface area contributed by atoms with Crippen molar-refractivity contribution < 1.29 is 9.47 Å². The minimum atomic E-state index is 0.639. The third-order valence-electron chi connectivity index (χ3n) is 6.15. The summed E-state index contributed by atoms with van der Waals surface area (Å²) in [7, 11) is 3.26. The Bertz CT molecular complexity index is 1560. The number of pyridine rings is 1. The van der Waals surface area contributed by atoms with E-state index in [2.05, 4.69) is 31.2 Å². The lowest BCUT2D eigenvalue weighted by atomic mass is 9.90. The summed E-state index contributed by atoms with van der Waals surface area (Å²) in [6, 6.07) is 28.1. The molecule has 1 aromatic heterocycles. The number of nitrogens with two attached hydrogens (primary N) is 2. The third kappa shape index (κ3) is 4.13. The van der Waals surface area contributed by atoms with Crippen LogP contribution < -0.4 is 20.9 Å². The van der Waals surface area contributed by atoms with Crippen LogP contribution in [0.2, 0.25) is 0 Å². The molecule has 1 heterocycles. The standard InChI is InChI=1S/C30H27N3O2/c1-18-10-12-24-25(14-18)28(19-6-4-8-22(31)15-19)30(21-11-13-26(34-2)27(17-21)35-3)33-29(24)20-7-5-9-23(32)16-20/h4-17H,31-32H2,1-3H3. The maximum Gasteiger partial charge on any atom is 0.161 e. The van der Waals surface area contributed by atoms with Gasteiger partial charge in [-0.1, -0.05) is 48.0 Å². The molecule has 0 saturated heterocycles. The van der Waals surface area contributed by atoms with Gasteiger partial charge in [-0.05, 0) is 60.3 Å². The van der Waals surface area contributed by atoms with Crippen molar-refractivity contribution in [2.75, 3.05) is 25.7 Å². The fourth-order valence-electron chi connectivity index (χ4n) is 4.51. The lowest BCUT2D eigenvalue weighted by molar-refractivity contribution is 0.355. The van der Waals surface area contributed by atoms with E-state index in [1.807, 2.05) is 60.7 Å². The summed E-state index contributed by atoms with van der Waals surface area (Å²) < 4.78 is 11.1. The second-order valence-corrected chi connectivity index (χ2v) is 8.55. The largest absolute Gasteiger partial charge is 0.493 e. The molecule has 174 valence electrons. The molecule has 5 nitrogen and oxygen atoms in total. The van der Waals surface area contributed by atoms with Gasteiger partial charge in [-0.15, -0.1) is 0 Å². The van der Waals surface area contributed by atoms with Gasteiger partial charge in [-0.3, -0.25) is 0 Å². The maximum atomic E-state index is 6.21. The van der Waals surface area contributed by atoms with E-state index in [1.165, 1.54) is 0 Å². The lowest BCUT2D eigenvalue weighted by Gasteiger charge is -2.19. The molecule has 0 unspecified atom stereocenters. The molecule has 5 heteroatoms. The van der Waals surface area contributed by atoms with Gasteiger partial charge in [-0.2, -0.15) is 0 Å². The minimum Gasteiger partial charge on any atom is -0.493 e. The number of aryl methyl sites for hydroxylation is 1. The number of ether oxygens (including phenoxy) is 2. The first kappa shape index (κ1) is 22.3. The molecular weight excluding hydrogens is 434 g/mol. The second kappa shape index (κ2) is 9.03. The maximum absolute atomic E-state index is 6.21. The van der Waals surface area contributed by atoms with Crippen molar-refractivity contribution in [2.24, 2.45) is 0 Å². The first-order valence-electron chi connectivity index (χ1n) is 11.4. The number of aromatic nitrogens is 1. The Morgan fingerprint density at radius 1 is 0.600 bits per heavy atom. The highest BCUT2D eigenvalue weighted by Gasteiger charge is 2.20. The van der Waals surface area contributed by atoms with Gasteiger partial charge in [0.25, 0.3) is 0 Å². The predicted molar refractivity (Wildman–Crippen MR) is 145 cm³/mol. The van der Waals surface area contributed by atoms with E-state index >= 15 is 0 Å². The molecule has 0 radical (unpaired) electrons. The number of hydrogen-bond acceptors (Lipinski definition) is 5. The number of fused-ring (bicyclic) bond motifs is 1. The molecular formula is C30H27N3O2. The highest BCUT2D eigenvalue weighted by Crippen LogP contribution is 2.43. The van der Waals surface area contributed by atoms with Crippen molar-refractivity contribution in [3.8, 4) is 45.1 Å². The number of rotatable bonds is 5. The quantitative estimate of drug-likeness (QED) is 0.284. The topological polar surface area (TPSA) is 83.4 Å². The molecule has 0 fully saturated rings. The number of nitrogen functional groups attached to an aromatic ring is 2. The Morgan fingerprint density at radius 3 is 1.94 bits per heavy atom. The molecule has 4 N–H and O–H groups in total. The van der Waals surface area contributed by atoms with Crippen molar-refractivity contribution in [2.45, 2.75) is 6.92 Å². The molecule has 35 heavy (non-hydrogen) atoms. The number of anilines is 2. The Balaban J connectivity index is 1.93. The van der Waals surface area contributed by atoms with E-state index in [1.54, 1.807) is 14.2 Å². The fourth-order valence-corrected chi connectivity index (χ4v) is 4.51. The summed E-state index contributed by atoms with van der Waals surface area (Å²) in [6.45, 7) is 2.10. The summed E-state index contributed by atoms with van der Waals surface area (Å²) in [5.74, 6) is 1.30. The Hall–Kier alpha value is -4.51. The van der Waals surface area contributed by atoms with Gasteiger partial charge in [0.05, 0.1) is 25.6 Å². The van der Waals surface area contributed by atoms with Crippen LogP contribution in [0.15, 0.2) is 84.9 Å². The SMILES string of the molecule is COc1ccc(-c2nc(-c3cccc(N)c3)c3ccc(C)cc3c2-c2cccc(N)c2)cc1OC. The molecule has 5 aromatic rings. The first-order chi connectivity index (χ1) is 17.0. The number of benzene rings is 4. The van der Waals surface area contributed by atoms with Gasteiger partial charge in [0.15, 0.2) is 11.5 Å². The van der Waals surface area contributed by atoms with E-state index in [9.17, 15) is 0 Å². The first-order valence-corrected chi connectivity index (χ1v) is 11.4. The van der Waals surface area contributed by atoms with Crippen LogP contribution in [0.25, 0.3) is 44.4 Å². The van der Waals surface area contributed by atoms with Gasteiger partial charge in [0.2, 0.25) is 0 Å². The zero-order chi connectivity index (χ0) is 24.5. The summed E-state index contributed by atoms with van der Waals surface area (Å²) in [5.41, 5.74) is 20.5. The molecule has 0 aliphatic carbocycles. The van der Waals surface area contributed by atoms with Crippen LogP contribution >= 0.6 is 0 Å². The monoisotopic (exact) mass is 461 g/mol. The normalized spacial score (nSPS) is 10.9. The van der Waals surface area contributed by atoms with Crippen molar-refractivity contribution in [1.29, 1.82) is 0 Å². The molecule has 0 aliphatic rings. The van der Waals surface area contributed by atoms with Gasteiger partial charge in [0, 0.05) is 33.5 Å². The van der Waals surface area contributed by atoms with Crippen LogP contribution in [0.5, 0.6) is 11.5 Å². The van der Waals surface area contributed by atoms with E-state index < -0.39 is 0 Å². The average molecular weight is 462 g/mol. The van der Waals surface area contributed by atoms with Crippen molar-refractivity contribution in [3.63, 3.8) is 0 Å². The Morgan fingerprint density at radius 2 is 1.26 bits per heavy atom. The van der Waals surface area contributed by atoms with Gasteiger partial charge >= 0.3 is 0 Å². The zero-order valence-corrected chi connectivity index (χ0v) is 20.0. The molecule has 0 spiro atoms. The van der Waals surface area contributed by atoms with Gasteiger partial charge in [-0.25, -0.2) is 4.98 Å². The van der Waals surface area contributed by atoms with Crippen molar-refractivity contribution >= 4 is 22.1 Å². The Labute approximate surface area is 205 Å². The van der Waals surface area contributed by atoms with Gasteiger partial charge < -0.3 is 20.9 Å². The number of nitrogens with zero attached hydrogens (tertiary/aromatic N) is 1. The predicted octanol–water partition coefficient (Wildman–Crippen LogP) is 6.73. The van der Waals surface area contributed by atoms with Gasteiger partial charge in [0.1, 0.15) is 0 Å². The molecule has 0 amide bonds. The van der Waals surface area contributed by atoms with Crippen LogP contribution in [0.4, 0.5) is 11.4 Å².